The van der Waals surface area contributed by atoms with Crippen molar-refractivity contribution in [3.8, 4) is 0 Å². The molecule has 1 saturated carbocycles. The molecule has 0 saturated heterocycles. The molecule has 0 amide bonds. The van der Waals surface area contributed by atoms with E-state index in [1.807, 2.05) is 0 Å². The molecule has 0 radical (unpaired) electrons. The Bertz CT molecular complexity index is 445. The second-order valence-electron chi connectivity index (χ2n) is 5.14. The van der Waals surface area contributed by atoms with Gasteiger partial charge in [0.05, 0.1) is 4.92 Å². The molecule has 1 aromatic carbocycles. The number of nitrogens with one attached hydrogen (secondary N) is 1. The topological polar surface area (TPSA) is 55.2 Å². The van der Waals surface area contributed by atoms with Crippen LogP contribution < -0.4 is 5.32 Å². The summed E-state index contributed by atoms with van der Waals surface area (Å²) in [5.41, 5.74) is 0.207. The summed E-state index contributed by atoms with van der Waals surface area (Å²) in [6.45, 7) is 0.654. The molecule has 19 heavy (non-hydrogen) atoms. The molecular weight excluding hydrogens is 247 g/mol. The van der Waals surface area contributed by atoms with Crippen LogP contribution in [0.1, 0.15) is 38.5 Å². The van der Waals surface area contributed by atoms with Crippen LogP contribution in [0.15, 0.2) is 18.2 Å². The van der Waals surface area contributed by atoms with E-state index in [4.69, 9.17) is 0 Å². The van der Waals surface area contributed by atoms with E-state index in [0.717, 1.165) is 24.8 Å². The Balaban J connectivity index is 1.84. The van der Waals surface area contributed by atoms with E-state index in [1.54, 1.807) is 0 Å². The van der Waals surface area contributed by atoms with Crippen LogP contribution in [0.25, 0.3) is 0 Å². The van der Waals surface area contributed by atoms with Gasteiger partial charge in [-0.05, 0) is 24.8 Å². The van der Waals surface area contributed by atoms with Crippen LogP contribution in [-0.2, 0) is 0 Å². The zero-order chi connectivity index (χ0) is 13.7. The van der Waals surface area contributed by atoms with Crippen LogP contribution in [0.3, 0.4) is 0 Å². The van der Waals surface area contributed by atoms with Crippen molar-refractivity contribution in [3.05, 3.63) is 34.1 Å². The fourth-order valence-electron chi connectivity index (χ4n) is 2.72. The van der Waals surface area contributed by atoms with Crippen molar-refractivity contribution in [2.45, 2.75) is 38.5 Å². The second-order valence-corrected chi connectivity index (χ2v) is 5.14. The Morgan fingerprint density at radius 1 is 1.37 bits per heavy atom. The number of rotatable bonds is 6. The summed E-state index contributed by atoms with van der Waals surface area (Å²) < 4.78 is 13.1. The zero-order valence-corrected chi connectivity index (χ0v) is 10.9. The molecule has 0 bridgehead atoms. The number of hydrogen-bond acceptors (Lipinski definition) is 3. The summed E-state index contributed by atoms with van der Waals surface area (Å²) in [5.74, 6) is 0.355. The highest BCUT2D eigenvalue weighted by Gasteiger charge is 2.16. The number of hydrogen-bond donors (Lipinski definition) is 1. The third-order valence-electron chi connectivity index (χ3n) is 3.73. The molecule has 1 aliphatic carbocycles. The quantitative estimate of drug-likeness (QED) is 0.479. The van der Waals surface area contributed by atoms with Crippen molar-refractivity contribution >= 4 is 11.4 Å². The minimum Gasteiger partial charge on any atom is -0.379 e. The van der Waals surface area contributed by atoms with E-state index in [-0.39, 0.29) is 11.4 Å². The molecule has 4 nitrogen and oxygen atoms in total. The lowest BCUT2D eigenvalue weighted by atomic mass is 10.0. The van der Waals surface area contributed by atoms with Crippen molar-refractivity contribution in [2.75, 3.05) is 11.9 Å². The number of anilines is 1. The summed E-state index contributed by atoms with van der Waals surface area (Å²) in [6, 6.07) is 3.50. The lowest BCUT2D eigenvalue weighted by molar-refractivity contribution is -0.384. The normalized spacial score (nSPS) is 15.6. The molecule has 0 atom stereocenters. The SMILES string of the molecule is O=[N+]([O-])c1ccc(F)cc1NCCCC1CCCC1. The van der Waals surface area contributed by atoms with Crippen LogP contribution in [0.2, 0.25) is 0 Å². The third kappa shape index (κ3) is 3.91. The fourth-order valence-corrected chi connectivity index (χ4v) is 2.72. The molecule has 0 heterocycles. The van der Waals surface area contributed by atoms with Gasteiger partial charge in [0.15, 0.2) is 0 Å². The highest BCUT2D eigenvalue weighted by Crippen LogP contribution is 2.29. The van der Waals surface area contributed by atoms with E-state index in [1.165, 1.54) is 37.8 Å². The van der Waals surface area contributed by atoms with Crippen molar-refractivity contribution in [1.82, 2.24) is 0 Å². The molecule has 1 N–H and O–H groups in total. The summed E-state index contributed by atoms with van der Waals surface area (Å²) >= 11 is 0. The standard InChI is InChI=1S/C14H19FN2O2/c15-12-7-8-14(17(18)19)13(10-12)16-9-3-6-11-4-1-2-5-11/h7-8,10-11,16H,1-6,9H2. The first kappa shape index (κ1) is 13.8. The van der Waals surface area contributed by atoms with Gasteiger partial charge < -0.3 is 5.32 Å². The van der Waals surface area contributed by atoms with Crippen molar-refractivity contribution in [2.24, 2.45) is 5.92 Å². The molecular formula is C14H19FN2O2. The third-order valence-corrected chi connectivity index (χ3v) is 3.73. The lowest BCUT2D eigenvalue weighted by Gasteiger charge is -2.10. The largest absolute Gasteiger partial charge is 0.379 e. The van der Waals surface area contributed by atoms with Crippen molar-refractivity contribution in [1.29, 1.82) is 0 Å². The first-order valence-corrected chi connectivity index (χ1v) is 6.84. The number of nitro benzene ring substituents is 1. The Labute approximate surface area is 112 Å². The predicted molar refractivity (Wildman–Crippen MR) is 72.7 cm³/mol. The summed E-state index contributed by atoms with van der Waals surface area (Å²) in [5, 5.41) is 13.8. The van der Waals surface area contributed by atoms with Gasteiger partial charge in [-0.2, -0.15) is 0 Å². The molecule has 1 aromatic rings. The van der Waals surface area contributed by atoms with Crippen LogP contribution in [0, 0.1) is 21.8 Å². The molecule has 0 unspecified atom stereocenters. The minimum atomic E-state index is -0.487. The maximum atomic E-state index is 13.1. The molecule has 0 spiro atoms. The molecule has 1 fully saturated rings. The Kier molecular flexibility index (Phi) is 4.71. The molecule has 5 heteroatoms. The van der Waals surface area contributed by atoms with Gasteiger partial charge in [-0.15, -0.1) is 0 Å². The summed E-state index contributed by atoms with van der Waals surface area (Å²) in [4.78, 5) is 10.3. The first-order chi connectivity index (χ1) is 9.16. The maximum absolute atomic E-state index is 13.1. The van der Waals surface area contributed by atoms with E-state index in [9.17, 15) is 14.5 Å². The van der Waals surface area contributed by atoms with E-state index < -0.39 is 10.7 Å². The minimum absolute atomic E-state index is 0.0673. The van der Waals surface area contributed by atoms with Crippen LogP contribution >= 0.6 is 0 Å². The van der Waals surface area contributed by atoms with Gasteiger partial charge in [-0.3, -0.25) is 10.1 Å². The number of halogens is 1. The van der Waals surface area contributed by atoms with Crippen LogP contribution in [0.5, 0.6) is 0 Å². The molecule has 1 aliphatic rings. The van der Waals surface area contributed by atoms with Crippen molar-refractivity contribution < 1.29 is 9.31 Å². The van der Waals surface area contributed by atoms with Gasteiger partial charge in [0, 0.05) is 18.7 Å². The molecule has 104 valence electrons. The zero-order valence-electron chi connectivity index (χ0n) is 10.9. The Morgan fingerprint density at radius 2 is 2.11 bits per heavy atom. The highest BCUT2D eigenvalue weighted by molar-refractivity contribution is 5.61. The molecule has 0 aliphatic heterocycles. The van der Waals surface area contributed by atoms with E-state index in [0.29, 0.717) is 6.54 Å². The van der Waals surface area contributed by atoms with Gasteiger partial charge >= 0.3 is 0 Å². The average Bonchev–Trinajstić information content (AvgIpc) is 2.87. The maximum Gasteiger partial charge on any atom is 0.292 e. The second kappa shape index (κ2) is 6.50. The van der Waals surface area contributed by atoms with Gasteiger partial charge in [0.2, 0.25) is 0 Å². The molecule has 0 aromatic heterocycles. The average molecular weight is 266 g/mol. The van der Waals surface area contributed by atoms with Gasteiger partial charge in [-0.25, -0.2) is 4.39 Å². The van der Waals surface area contributed by atoms with E-state index >= 15 is 0 Å². The Hall–Kier alpha value is -1.65. The number of nitro groups is 1. The first-order valence-electron chi connectivity index (χ1n) is 6.84. The smallest absolute Gasteiger partial charge is 0.292 e. The predicted octanol–water partition coefficient (Wildman–Crippen LogP) is 4.12. The highest BCUT2D eigenvalue weighted by atomic mass is 19.1. The van der Waals surface area contributed by atoms with Crippen LogP contribution in [-0.4, -0.2) is 11.5 Å². The number of benzene rings is 1. The van der Waals surface area contributed by atoms with E-state index in [2.05, 4.69) is 5.32 Å². The molecule has 2 rings (SSSR count). The lowest BCUT2D eigenvalue weighted by Crippen LogP contribution is -2.06. The Morgan fingerprint density at radius 3 is 2.79 bits per heavy atom. The van der Waals surface area contributed by atoms with Gasteiger partial charge in [0.25, 0.3) is 5.69 Å². The summed E-state index contributed by atoms with van der Waals surface area (Å²) in [7, 11) is 0. The number of nitrogens with zero attached hydrogens (tertiary/aromatic N) is 1. The fraction of sp³-hybridized carbons (Fsp3) is 0.571. The summed E-state index contributed by atoms with van der Waals surface area (Å²) in [6.07, 6.45) is 7.38. The van der Waals surface area contributed by atoms with Gasteiger partial charge in [0.1, 0.15) is 11.5 Å². The monoisotopic (exact) mass is 266 g/mol. The van der Waals surface area contributed by atoms with Gasteiger partial charge in [-0.1, -0.05) is 25.7 Å². The van der Waals surface area contributed by atoms with Crippen molar-refractivity contribution in [3.63, 3.8) is 0 Å². The van der Waals surface area contributed by atoms with Crippen LogP contribution in [0.4, 0.5) is 15.8 Å².